The highest BCUT2D eigenvalue weighted by atomic mass is 32.2. The molecule has 0 saturated carbocycles. The number of sulfonamides is 1. The molecule has 2 rings (SSSR count). The second-order valence-electron chi connectivity index (χ2n) is 5.07. The molecule has 0 bridgehead atoms. The number of rotatable bonds is 5. The summed E-state index contributed by atoms with van der Waals surface area (Å²) in [5.41, 5.74) is 0.917. The third kappa shape index (κ3) is 4.41. The van der Waals surface area contributed by atoms with Crippen LogP contribution in [-0.2, 0) is 14.8 Å². The lowest BCUT2D eigenvalue weighted by atomic mass is 10.2. The molecule has 0 aliphatic carbocycles. The predicted molar refractivity (Wildman–Crippen MR) is 82.7 cm³/mol. The predicted octanol–water partition coefficient (Wildman–Crippen LogP) is 0.414. The van der Waals surface area contributed by atoms with E-state index in [4.69, 9.17) is 0 Å². The second-order valence-corrected chi connectivity index (χ2v) is 7.16. The van der Waals surface area contributed by atoms with Crippen LogP contribution in [0.2, 0.25) is 0 Å². The van der Waals surface area contributed by atoms with Gasteiger partial charge in [-0.2, -0.15) is 0 Å². The van der Waals surface area contributed by atoms with E-state index in [0.29, 0.717) is 26.2 Å². The van der Waals surface area contributed by atoms with E-state index in [0.717, 1.165) is 5.69 Å². The molecule has 1 aliphatic rings. The van der Waals surface area contributed by atoms with Crippen LogP contribution in [0.5, 0.6) is 0 Å². The first kappa shape index (κ1) is 16.7. The highest BCUT2D eigenvalue weighted by molar-refractivity contribution is 7.89. The van der Waals surface area contributed by atoms with E-state index in [9.17, 15) is 17.6 Å². The zero-order valence-corrected chi connectivity index (χ0v) is 13.3. The molecule has 0 atom stereocenters. The van der Waals surface area contributed by atoms with Gasteiger partial charge < -0.3 is 9.80 Å². The molecule has 1 heterocycles. The van der Waals surface area contributed by atoms with E-state index in [1.807, 2.05) is 0 Å². The van der Waals surface area contributed by atoms with Crippen molar-refractivity contribution in [2.45, 2.75) is 6.92 Å². The standard InChI is InChI=1S/C14H20FN3O3S/c1-2-22(20,21)16-11-14(19)18-9-7-17(8-10-18)13-5-3-12(15)4-6-13/h3-6,16H,2,7-11H2,1H3. The molecule has 0 spiro atoms. The fourth-order valence-electron chi connectivity index (χ4n) is 2.25. The van der Waals surface area contributed by atoms with Crippen molar-refractivity contribution in [2.24, 2.45) is 0 Å². The fourth-order valence-corrected chi connectivity index (χ4v) is 2.80. The molecule has 1 aromatic rings. The van der Waals surface area contributed by atoms with Crippen molar-refractivity contribution < 1.29 is 17.6 Å². The van der Waals surface area contributed by atoms with Crippen LogP contribution in [-0.4, -0.2) is 57.7 Å². The maximum absolute atomic E-state index is 12.9. The number of hydrogen-bond donors (Lipinski definition) is 1. The summed E-state index contributed by atoms with van der Waals surface area (Å²) in [6, 6.07) is 6.24. The number of piperazine rings is 1. The molecule has 0 radical (unpaired) electrons. The number of amides is 1. The average Bonchev–Trinajstić information content (AvgIpc) is 2.54. The largest absolute Gasteiger partial charge is 0.368 e. The van der Waals surface area contributed by atoms with Crippen molar-refractivity contribution in [1.82, 2.24) is 9.62 Å². The van der Waals surface area contributed by atoms with Gasteiger partial charge in [0.05, 0.1) is 12.3 Å². The first-order chi connectivity index (χ1) is 10.4. The molecule has 22 heavy (non-hydrogen) atoms. The topological polar surface area (TPSA) is 69.7 Å². The third-order valence-corrected chi connectivity index (χ3v) is 4.99. The Kier molecular flexibility index (Phi) is 5.36. The molecule has 8 heteroatoms. The molecule has 122 valence electrons. The molecule has 0 aromatic heterocycles. The molecule has 1 aliphatic heterocycles. The summed E-state index contributed by atoms with van der Waals surface area (Å²) in [4.78, 5) is 15.7. The number of carbonyl (C=O) groups is 1. The van der Waals surface area contributed by atoms with Crippen molar-refractivity contribution >= 4 is 21.6 Å². The minimum atomic E-state index is -3.35. The van der Waals surface area contributed by atoms with E-state index < -0.39 is 10.0 Å². The molecule has 6 nitrogen and oxygen atoms in total. The third-order valence-electron chi connectivity index (χ3n) is 3.65. The monoisotopic (exact) mass is 329 g/mol. The van der Waals surface area contributed by atoms with Crippen LogP contribution in [0.25, 0.3) is 0 Å². The van der Waals surface area contributed by atoms with Crippen molar-refractivity contribution in [1.29, 1.82) is 0 Å². The lowest BCUT2D eigenvalue weighted by Gasteiger charge is -2.36. The Labute approximate surface area is 130 Å². The van der Waals surface area contributed by atoms with Gasteiger partial charge in [-0.05, 0) is 31.2 Å². The molecule has 1 N–H and O–H groups in total. The van der Waals surface area contributed by atoms with Gasteiger partial charge in [0, 0.05) is 31.9 Å². The number of nitrogens with zero attached hydrogens (tertiary/aromatic N) is 2. The second kappa shape index (κ2) is 7.06. The zero-order chi connectivity index (χ0) is 16.2. The maximum Gasteiger partial charge on any atom is 0.237 e. The van der Waals surface area contributed by atoms with Gasteiger partial charge in [0.25, 0.3) is 0 Å². The molecule has 0 unspecified atom stereocenters. The van der Waals surface area contributed by atoms with E-state index in [1.54, 1.807) is 17.0 Å². The number of benzene rings is 1. The summed E-state index contributed by atoms with van der Waals surface area (Å²) in [5, 5.41) is 0. The van der Waals surface area contributed by atoms with Gasteiger partial charge in [0.1, 0.15) is 5.82 Å². The van der Waals surface area contributed by atoms with Crippen LogP contribution in [0.1, 0.15) is 6.92 Å². The van der Waals surface area contributed by atoms with Crippen LogP contribution in [0.3, 0.4) is 0 Å². The summed E-state index contributed by atoms with van der Waals surface area (Å²) in [6.07, 6.45) is 0. The maximum atomic E-state index is 12.9. The van der Waals surface area contributed by atoms with E-state index in [2.05, 4.69) is 9.62 Å². The Bertz CT molecular complexity index is 611. The first-order valence-corrected chi connectivity index (χ1v) is 8.82. The summed E-state index contributed by atoms with van der Waals surface area (Å²) in [5.74, 6) is -0.546. The Morgan fingerprint density at radius 3 is 2.32 bits per heavy atom. The van der Waals surface area contributed by atoms with Crippen LogP contribution < -0.4 is 9.62 Å². The minimum absolute atomic E-state index is 0.0430. The lowest BCUT2D eigenvalue weighted by molar-refractivity contribution is -0.130. The summed E-state index contributed by atoms with van der Waals surface area (Å²) < 4.78 is 37.8. The number of anilines is 1. The van der Waals surface area contributed by atoms with Crippen LogP contribution in [0.4, 0.5) is 10.1 Å². The Morgan fingerprint density at radius 2 is 1.77 bits per heavy atom. The molecular formula is C14H20FN3O3S. The SMILES string of the molecule is CCS(=O)(=O)NCC(=O)N1CCN(c2ccc(F)cc2)CC1. The van der Waals surface area contributed by atoms with Gasteiger partial charge in [-0.15, -0.1) is 0 Å². The number of halogens is 1. The van der Waals surface area contributed by atoms with E-state index >= 15 is 0 Å². The fraction of sp³-hybridized carbons (Fsp3) is 0.500. The van der Waals surface area contributed by atoms with Gasteiger partial charge >= 0.3 is 0 Å². The molecule has 1 fully saturated rings. The number of nitrogens with one attached hydrogen (secondary N) is 1. The lowest BCUT2D eigenvalue weighted by Crippen LogP contribution is -2.51. The van der Waals surface area contributed by atoms with Crippen LogP contribution >= 0.6 is 0 Å². The Balaban J connectivity index is 1.84. The molecule has 1 amide bonds. The van der Waals surface area contributed by atoms with E-state index in [1.165, 1.54) is 19.1 Å². The molecular weight excluding hydrogens is 309 g/mol. The normalized spacial score (nSPS) is 15.9. The average molecular weight is 329 g/mol. The highest BCUT2D eigenvalue weighted by Gasteiger charge is 2.22. The van der Waals surface area contributed by atoms with Gasteiger partial charge in [-0.3, -0.25) is 4.79 Å². The Hall–Kier alpha value is -1.67. The smallest absolute Gasteiger partial charge is 0.237 e. The van der Waals surface area contributed by atoms with Gasteiger partial charge in [-0.1, -0.05) is 0 Å². The zero-order valence-electron chi connectivity index (χ0n) is 12.5. The van der Waals surface area contributed by atoms with Crippen molar-refractivity contribution in [2.75, 3.05) is 43.4 Å². The first-order valence-electron chi connectivity index (χ1n) is 7.17. The van der Waals surface area contributed by atoms with Crippen molar-refractivity contribution in [3.63, 3.8) is 0 Å². The minimum Gasteiger partial charge on any atom is -0.368 e. The van der Waals surface area contributed by atoms with Gasteiger partial charge in [0.2, 0.25) is 15.9 Å². The van der Waals surface area contributed by atoms with Gasteiger partial charge in [0.15, 0.2) is 0 Å². The summed E-state index contributed by atoms with van der Waals surface area (Å²) >= 11 is 0. The van der Waals surface area contributed by atoms with Crippen LogP contribution in [0, 0.1) is 5.82 Å². The number of carbonyl (C=O) groups excluding carboxylic acids is 1. The number of hydrogen-bond acceptors (Lipinski definition) is 4. The molecule has 1 aromatic carbocycles. The summed E-state index contributed by atoms with van der Waals surface area (Å²) in [7, 11) is -3.35. The van der Waals surface area contributed by atoms with Crippen LogP contribution in [0.15, 0.2) is 24.3 Å². The van der Waals surface area contributed by atoms with Gasteiger partial charge in [-0.25, -0.2) is 17.5 Å². The molecule has 1 saturated heterocycles. The van der Waals surface area contributed by atoms with Crippen molar-refractivity contribution in [3.8, 4) is 0 Å². The van der Waals surface area contributed by atoms with E-state index in [-0.39, 0.29) is 24.0 Å². The van der Waals surface area contributed by atoms with Crippen molar-refractivity contribution in [3.05, 3.63) is 30.1 Å². The quantitative estimate of drug-likeness (QED) is 0.850. The highest BCUT2D eigenvalue weighted by Crippen LogP contribution is 2.16. The summed E-state index contributed by atoms with van der Waals surface area (Å²) in [6.45, 7) is 3.63. The Morgan fingerprint density at radius 1 is 1.18 bits per heavy atom.